The largest absolute Gasteiger partial charge is 0.348 e. The van der Waals surface area contributed by atoms with E-state index in [0.29, 0.717) is 12.1 Å². The van der Waals surface area contributed by atoms with Gasteiger partial charge in [0.15, 0.2) is 0 Å². The maximum atomic E-state index is 11.8. The van der Waals surface area contributed by atoms with E-state index in [1.807, 2.05) is 0 Å². The molecule has 0 aliphatic carbocycles. The molecule has 0 fully saturated rings. The van der Waals surface area contributed by atoms with Crippen LogP contribution in [-0.4, -0.2) is 10.9 Å². The van der Waals surface area contributed by atoms with Crippen molar-refractivity contribution in [1.82, 2.24) is 10.3 Å². The fraction of sp³-hybridized carbons (Fsp3) is 0.250. The van der Waals surface area contributed by atoms with Crippen molar-refractivity contribution in [3.63, 3.8) is 0 Å². The highest BCUT2D eigenvalue weighted by Gasteiger charge is 2.04. The van der Waals surface area contributed by atoms with Crippen molar-refractivity contribution in [2.45, 2.75) is 26.3 Å². The molecule has 1 heterocycles. The molecule has 0 aliphatic heterocycles. The summed E-state index contributed by atoms with van der Waals surface area (Å²) < 4.78 is 0. The summed E-state index contributed by atoms with van der Waals surface area (Å²) in [5.41, 5.74) is 3.03. The van der Waals surface area contributed by atoms with Crippen LogP contribution < -0.4 is 5.32 Å². The van der Waals surface area contributed by atoms with E-state index in [9.17, 15) is 4.79 Å². The van der Waals surface area contributed by atoms with Gasteiger partial charge >= 0.3 is 0 Å². The molecule has 2 aromatic rings. The van der Waals surface area contributed by atoms with E-state index in [0.717, 1.165) is 18.4 Å². The number of hydrogen-bond acceptors (Lipinski definition) is 2. The lowest BCUT2D eigenvalue weighted by molar-refractivity contribution is 0.0950. The molecule has 0 radical (unpaired) electrons. The van der Waals surface area contributed by atoms with Gasteiger partial charge in [0.1, 0.15) is 0 Å². The Bertz CT molecular complexity index is 526. The monoisotopic (exact) mass is 290 g/mol. The predicted molar refractivity (Wildman–Crippen MR) is 83.1 cm³/mol. The van der Waals surface area contributed by atoms with Gasteiger partial charge in [-0.25, -0.2) is 0 Å². The molecule has 20 heavy (non-hydrogen) atoms. The normalized spacial score (nSPS) is 9.65. The highest BCUT2D eigenvalue weighted by molar-refractivity contribution is 5.93. The molecule has 0 spiro atoms. The van der Waals surface area contributed by atoms with Gasteiger partial charge in [-0.2, -0.15) is 0 Å². The minimum absolute atomic E-state index is 0. The van der Waals surface area contributed by atoms with Crippen LogP contribution in [0.5, 0.6) is 0 Å². The van der Waals surface area contributed by atoms with Crippen molar-refractivity contribution in [1.29, 1.82) is 0 Å². The predicted octanol–water partition coefficient (Wildman–Crippen LogP) is 3.39. The molecule has 0 atom stereocenters. The van der Waals surface area contributed by atoms with E-state index < -0.39 is 0 Å². The van der Waals surface area contributed by atoms with Gasteiger partial charge in [0.25, 0.3) is 5.91 Å². The molecule has 4 heteroatoms. The van der Waals surface area contributed by atoms with Crippen molar-refractivity contribution in [2.75, 3.05) is 0 Å². The number of hydrogen-bond donors (Lipinski definition) is 1. The highest BCUT2D eigenvalue weighted by Crippen LogP contribution is 2.07. The van der Waals surface area contributed by atoms with Crippen LogP contribution in [0.4, 0.5) is 0 Å². The van der Waals surface area contributed by atoms with Gasteiger partial charge in [0.05, 0.1) is 5.56 Å². The second-order valence-electron chi connectivity index (χ2n) is 4.49. The topological polar surface area (TPSA) is 42.0 Å². The Morgan fingerprint density at radius 1 is 1.15 bits per heavy atom. The van der Waals surface area contributed by atoms with Crippen LogP contribution in [0.2, 0.25) is 0 Å². The first kappa shape index (κ1) is 16.2. The minimum Gasteiger partial charge on any atom is -0.348 e. The molecule has 0 saturated heterocycles. The Morgan fingerprint density at radius 2 is 1.85 bits per heavy atom. The van der Waals surface area contributed by atoms with Crippen LogP contribution >= 0.6 is 12.4 Å². The zero-order valence-electron chi connectivity index (χ0n) is 11.5. The second kappa shape index (κ2) is 8.33. The number of aryl methyl sites for hydroxylation is 1. The van der Waals surface area contributed by atoms with Gasteiger partial charge in [-0.3, -0.25) is 9.78 Å². The van der Waals surface area contributed by atoms with Crippen molar-refractivity contribution >= 4 is 18.3 Å². The van der Waals surface area contributed by atoms with Crippen molar-refractivity contribution in [3.05, 3.63) is 65.5 Å². The third-order valence-corrected chi connectivity index (χ3v) is 2.94. The highest BCUT2D eigenvalue weighted by atomic mass is 35.5. The molecular weight excluding hydrogens is 272 g/mol. The van der Waals surface area contributed by atoms with Crippen molar-refractivity contribution < 1.29 is 4.79 Å². The fourth-order valence-corrected chi connectivity index (χ4v) is 1.89. The van der Waals surface area contributed by atoms with Crippen molar-refractivity contribution in [3.8, 4) is 0 Å². The van der Waals surface area contributed by atoms with Crippen LogP contribution in [0.15, 0.2) is 48.8 Å². The maximum absolute atomic E-state index is 11.8. The Morgan fingerprint density at radius 3 is 2.45 bits per heavy atom. The van der Waals surface area contributed by atoms with Crippen molar-refractivity contribution in [2.24, 2.45) is 0 Å². The van der Waals surface area contributed by atoms with Gasteiger partial charge in [0, 0.05) is 18.9 Å². The summed E-state index contributed by atoms with van der Waals surface area (Å²) >= 11 is 0. The first-order valence-electron chi connectivity index (χ1n) is 6.55. The molecule has 1 aromatic heterocycles. The van der Waals surface area contributed by atoms with E-state index in [1.54, 1.807) is 24.5 Å². The smallest absolute Gasteiger partial charge is 0.253 e. The quantitative estimate of drug-likeness (QED) is 0.917. The Hall–Kier alpha value is -1.87. The lowest BCUT2D eigenvalue weighted by Gasteiger charge is -2.06. The zero-order chi connectivity index (χ0) is 13.5. The number of carbonyl (C=O) groups excluding carboxylic acids is 1. The number of aromatic nitrogens is 1. The number of nitrogens with one attached hydrogen (secondary N) is 1. The summed E-state index contributed by atoms with van der Waals surface area (Å²) in [5.74, 6) is -0.0919. The van der Waals surface area contributed by atoms with Crippen LogP contribution in [0.25, 0.3) is 0 Å². The Labute approximate surface area is 125 Å². The third kappa shape index (κ3) is 4.67. The number of amides is 1. The average molecular weight is 291 g/mol. The summed E-state index contributed by atoms with van der Waals surface area (Å²) in [4.78, 5) is 15.8. The van der Waals surface area contributed by atoms with E-state index in [1.165, 1.54) is 5.56 Å². The molecular formula is C16H19ClN2O. The summed E-state index contributed by atoms with van der Waals surface area (Å²) in [6.07, 6.45) is 5.47. The zero-order valence-corrected chi connectivity index (χ0v) is 12.3. The number of nitrogens with zero attached hydrogens (tertiary/aromatic N) is 1. The van der Waals surface area contributed by atoms with E-state index in [4.69, 9.17) is 0 Å². The summed E-state index contributed by atoms with van der Waals surface area (Å²) in [6, 6.07) is 11.9. The van der Waals surface area contributed by atoms with Crippen LogP contribution in [0.3, 0.4) is 0 Å². The molecule has 1 aromatic carbocycles. The number of carbonyl (C=O) groups is 1. The lowest BCUT2D eigenvalue weighted by atomic mass is 10.1. The number of rotatable bonds is 5. The molecule has 2 rings (SSSR count). The number of halogens is 1. The third-order valence-electron chi connectivity index (χ3n) is 2.94. The minimum atomic E-state index is -0.0919. The van der Waals surface area contributed by atoms with E-state index in [2.05, 4.69) is 41.5 Å². The van der Waals surface area contributed by atoms with Crippen LogP contribution in [0, 0.1) is 0 Å². The SMILES string of the molecule is CCCc1ccc(CNC(=O)c2cccnc2)cc1.Cl. The molecule has 1 amide bonds. The van der Waals surface area contributed by atoms with Gasteiger partial charge in [-0.15, -0.1) is 12.4 Å². The average Bonchev–Trinajstić information content (AvgIpc) is 2.47. The molecule has 0 unspecified atom stereocenters. The molecule has 106 valence electrons. The summed E-state index contributed by atoms with van der Waals surface area (Å²) in [7, 11) is 0. The second-order valence-corrected chi connectivity index (χ2v) is 4.49. The van der Waals surface area contributed by atoms with Gasteiger partial charge in [-0.1, -0.05) is 37.6 Å². The van der Waals surface area contributed by atoms with E-state index >= 15 is 0 Å². The van der Waals surface area contributed by atoms with Gasteiger partial charge in [-0.05, 0) is 29.7 Å². The summed E-state index contributed by atoms with van der Waals surface area (Å²) in [5, 5.41) is 2.89. The number of benzene rings is 1. The first-order valence-corrected chi connectivity index (χ1v) is 6.55. The molecule has 0 saturated carbocycles. The Kier molecular flexibility index (Phi) is 6.74. The standard InChI is InChI=1S/C16H18N2O.ClH/c1-2-4-13-6-8-14(9-7-13)11-18-16(19)15-5-3-10-17-12-15;/h3,5-10,12H,2,4,11H2,1H3,(H,18,19);1H. The Balaban J connectivity index is 0.00000200. The van der Waals surface area contributed by atoms with Crippen LogP contribution in [-0.2, 0) is 13.0 Å². The van der Waals surface area contributed by atoms with E-state index in [-0.39, 0.29) is 18.3 Å². The fourth-order valence-electron chi connectivity index (χ4n) is 1.89. The molecule has 1 N–H and O–H groups in total. The molecule has 0 bridgehead atoms. The first-order chi connectivity index (χ1) is 9.29. The van der Waals surface area contributed by atoms with Gasteiger partial charge in [0.2, 0.25) is 0 Å². The van der Waals surface area contributed by atoms with Crippen LogP contribution in [0.1, 0.15) is 34.8 Å². The van der Waals surface area contributed by atoms with Gasteiger partial charge < -0.3 is 5.32 Å². The molecule has 3 nitrogen and oxygen atoms in total. The summed E-state index contributed by atoms with van der Waals surface area (Å²) in [6.45, 7) is 2.71. The molecule has 0 aliphatic rings. The lowest BCUT2D eigenvalue weighted by Crippen LogP contribution is -2.22. The number of pyridine rings is 1. The maximum Gasteiger partial charge on any atom is 0.253 e.